The molecule has 0 amide bonds. The fourth-order valence-electron chi connectivity index (χ4n) is 3.57. The van der Waals surface area contributed by atoms with Crippen LogP contribution in [0, 0.1) is 0 Å². The Morgan fingerprint density at radius 3 is 2.60 bits per heavy atom. The Balaban J connectivity index is 2.30. The second-order valence-corrected chi connectivity index (χ2v) is 6.11. The van der Waals surface area contributed by atoms with Crippen molar-refractivity contribution in [1.82, 2.24) is 19.8 Å². The number of nitrogens with zero attached hydrogens (tertiary/aromatic N) is 3. The second kappa shape index (κ2) is 6.72. The maximum absolute atomic E-state index is 4.67. The maximum Gasteiger partial charge on any atom is 0.127 e. The molecule has 2 rings (SSSR count). The van der Waals surface area contributed by atoms with Crippen molar-refractivity contribution in [3.05, 3.63) is 18.2 Å². The molecule has 1 aliphatic heterocycles. The van der Waals surface area contributed by atoms with Crippen LogP contribution in [0.3, 0.4) is 0 Å². The highest BCUT2D eigenvalue weighted by molar-refractivity contribution is 5.10. The largest absolute Gasteiger partial charge is 0.334 e. The first kappa shape index (κ1) is 15.5. The van der Waals surface area contributed by atoms with Crippen LogP contribution in [0.1, 0.15) is 58.3 Å². The van der Waals surface area contributed by atoms with Gasteiger partial charge in [-0.2, -0.15) is 0 Å². The van der Waals surface area contributed by atoms with Crippen LogP contribution in [-0.4, -0.2) is 40.1 Å². The third-order valence-electron chi connectivity index (χ3n) is 4.93. The molecule has 1 aromatic heterocycles. The first-order chi connectivity index (χ1) is 9.67. The minimum Gasteiger partial charge on any atom is -0.334 e. The summed E-state index contributed by atoms with van der Waals surface area (Å²) in [7, 11) is 2.07. The van der Waals surface area contributed by atoms with Crippen LogP contribution in [0.25, 0.3) is 0 Å². The Labute approximate surface area is 123 Å². The van der Waals surface area contributed by atoms with Crippen LogP contribution in [0.15, 0.2) is 12.4 Å². The fraction of sp³-hybridized carbons (Fsp3) is 0.812. The molecule has 2 unspecified atom stereocenters. The van der Waals surface area contributed by atoms with Gasteiger partial charge in [0.2, 0.25) is 0 Å². The molecule has 1 aromatic rings. The zero-order valence-electron chi connectivity index (χ0n) is 13.5. The number of nitrogens with one attached hydrogen (secondary N) is 1. The van der Waals surface area contributed by atoms with Crippen molar-refractivity contribution in [3.8, 4) is 0 Å². The van der Waals surface area contributed by atoms with Gasteiger partial charge in [0.25, 0.3) is 0 Å². The van der Waals surface area contributed by atoms with Gasteiger partial charge < -0.3 is 9.88 Å². The molecule has 0 aliphatic carbocycles. The predicted octanol–water partition coefficient (Wildman–Crippen LogP) is 2.82. The van der Waals surface area contributed by atoms with Crippen molar-refractivity contribution in [3.63, 3.8) is 0 Å². The lowest BCUT2D eigenvalue weighted by atomic mass is 9.86. The lowest BCUT2D eigenvalue weighted by molar-refractivity contribution is 0.0821. The van der Waals surface area contributed by atoms with E-state index < -0.39 is 0 Å². The van der Waals surface area contributed by atoms with E-state index in [-0.39, 0.29) is 11.6 Å². The summed E-state index contributed by atoms with van der Waals surface area (Å²) in [6.07, 6.45) is 8.99. The average Bonchev–Trinajstić information content (AvgIpc) is 3.12. The summed E-state index contributed by atoms with van der Waals surface area (Å²) in [5.74, 6) is 1.19. The number of likely N-dealkylation sites (N-methyl/N-ethyl adjacent to an activating group) is 1. The maximum atomic E-state index is 4.67. The van der Waals surface area contributed by atoms with Gasteiger partial charge in [-0.1, -0.05) is 13.8 Å². The minimum absolute atomic E-state index is 0.141. The summed E-state index contributed by atoms with van der Waals surface area (Å²) in [6.45, 7) is 10.4. The molecule has 0 spiro atoms. The van der Waals surface area contributed by atoms with Gasteiger partial charge in [-0.15, -0.1) is 0 Å². The standard InChI is InChI=1S/C16H30N4/c1-5-10-19-13-9-18-15(19)14(17-4)16(3,6-2)20-11-7-8-12-20/h9,13-14,17H,5-8,10-12H2,1-4H3. The van der Waals surface area contributed by atoms with E-state index in [1.807, 2.05) is 6.20 Å². The predicted molar refractivity (Wildman–Crippen MR) is 83.8 cm³/mol. The zero-order valence-corrected chi connectivity index (χ0v) is 13.5. The quantitative estimate of drug-likeness (QED) is 0.832. The van der Waals surface area contributed by atoms with Crippen LogP contribution >= 0.6 is 0 Å². The smallest absolute Gasteiger partial charge is 0.127 e. The molecule has 20 heavy (non-hydrogen) atoms. The van der Waals surface area contributed by atoms with Crippen LogP contribution in [-0.2, 0) is 6.54 Å². The Morgan fingerprint density at radius 2 is 2.05 bits per heavy atom. The lowest BCUT2D eigenvalue weighted by Crippen LogP contribution is -2.53. The summed E-state index contributed by atoms with van der Waals surface area (Å²) < 4.78 is 2.31. The molecule has 1 fully saturated rings. The Hall–Kier alpha value is -0.870. The van der Waals surface area contributed by atoms with E-state index in [1.165, 1.54) is 31.8 Å². The van der Waals surface area contributed by atoms with E-state index in [1.54, 1.807) is 0 Å². The van der Waals surface area contributed by atoms with Gasteiger partial charge in [0, 0.05) is 24.5 Å². The van der Waals surface area contributed by atoms with Gasteiger partial charge in [-0.05, 0) is 52.7 Å². The molecule has 1 aliphatic rings. The zero-order chi connectivity index (χ0) is 14.6. The second-order valence-electron chi connectivity index (χ2n) is 6.11. The van der Waals surface area contributed by atoms with Crippen molar-refractivity contribution >= 4 is 0 Å². The van der Waals surface area contributed by atoms with Crippen molar-refractivity contribution in [1.29, 1.82) is 0 Å². The van der Waals surface area contributed by atoms with Crippen LogP contribution in [0.2, 0.25) is 0 Å². The molecule has 2 atom stereocenters. The minimum atomic E-state index is 0.141. The third-order valence-corrected chi connectivity index (χ3v) is 4.93. The highest BCUT2D eigenvalue weighted by atomic mass is 15.3. The van der Waals surface area contributed by atoms with Crippen molar-refractivity contribution in [2.24, 2.45) is 0 Å². The molecule has 114 valence electrons. The number of likely N-dealkylation sites (tertiary alicyclic amines) is 1. The summed E-state index contributed by atoms with van der Waals surface area (Å²) in [4.78, 5) is 7.32. The molecule has 0 radical (unpaired) electrons. The van der Waals surface area contributed by atoms with Crippen LogP contribution in [0.5, 0.6) is 0 Å². The summed E-state index contributed by atoms with van der Waals surface area (Å²) in [5.41, 5.74) is 0.141. The molecule has 0 bridgehead atoms. The molecular weight excluding hydrogens is 248 g/mol. The molecule has 1 N–H and O–H groups in total. The van der Waals surface area contributed by atoms with Gasteiger partial charge in [0.1, 0.15) is 5.82 Å². The SMILES string of the molecule is CCCn1ccnc1C(NC)C(C)(CC)N1CCCC1. The number of hydrogen-bond donors (Lipinski definition) is 1. The summed E-state index contributed by atoms with van der Waals surface area (Å²) in [6, 6.07) is 0.284. The molecule has 4 nitrogen and oxygen atoms in total. The van der Waals surface area contributed by atoms with Crippen molar-refractivity contribution < 1.29 is 0 Å². The van der Waals surface area contributed by atoms with Gasteiger partial charge >= 0.3 is 0 Å². The first-order valence-electron chi connectivity index (χ1n) is 8.10. The Morgan fingerprint density at radius 1 is 1.35 bits per heavy atom. The highest BCUT2D eigenvalue weighted by Gasteiger charge is 2.41. The van der Waals surface area contributed by atoms with Gasteiger partial charge in [-0.25, -0.2) is 4.98 Å². The monoisotopic (exact) mass is 278 g/mol. The molecule has 0 saturated carbocycles. The van der Waals surface area contributed by atoms with E-state index in [2.05, 4.69) is 53.8 Å². The average molecular weight is 278 g/mol. The van der Waals surface area contributed by atoms with E-state index in [0.29, 0.717) is 0 Å². The van der Waals surface area contributed by atoms with E-state index in [9.17, 15) is 0 Å². The fourth-order valence-corrected chi connectivity index (χ4v) is 3.57. The van der Waals surface area contributed by atoms with E-state index >= 15 is 0 Å². The van der Waals surface area contributed by atoms with Crippen LogP contribution < -0.4 is 5.32 Å². The first-order valence-corrected chi connectivity index (χ1v) is 8.10. The van der Waals surface area contributed by atoms with Gasteiger partial charge in [0.15, 0.2) is 0 Å². The van der Waals surface area contributed by atoms with E-state index in [0.717, 1.165) is 19.4 Å². The van der Waals surface area contributed by atoms with Gasteiger partial charge in [0.05, 0.1) is 6.04 Å². The van der Waals surface area contributed by atoms with Crippen molar-refractivity contribution in [2.75, 3.05) is 20.1 Å². The highest BCUT2D eigenvalue weighted by Crippen LogP contribution is 2.35. The van der Waals surface area contributed by atoms with Gasteiger partial charge in [-0.3, -0.25) is 4.90 Å². The van der Waals surface area contributed by atoms with Crippen molar-refractivity contribution in [2.45, 2.75) is 64.6 Å². The summed E-state index contributed by atoms with van der Waals surface area (Å²) >= 11 is 0. The number of aryl methyl sites for hydroxylation is 1. The molecule has 0 aromatic carbocycles. The lowest BCUT2D eigenvalue weighted by Gasteiger charge is -2.44. The molecule has 4 heteroatoms. The normalized spacial score (nSPS) is 21.0. The summed E-state index contributed by atoms with van der Waals surface area (Å²) in [5, 5.41) is 3.55. The molecule has 2 heterocycles. The third kappa shape index (κ3) is 2.77. The number of aromatic nitrogens is 2. The van der Waals surface area contributed by atoms with E-state index in [4.69, 9.17) is 0 Å². The molecule has 1 saturated heterocycles. The number of hydrogen-bond acceptors (Lipinski definition) is 3. The Bertz CT molecular complexity index is 408. The van der Waals surface area contributed by atoms with Crippen LogP contribution in [0.4, 0.5) is 0 Å². The number of rotatable bonds is 7. The number of imidazole rings is 1. The topological polar surface area (TPSA) is 33.1 Å². The molecular formula is C16H30N4. The Kier molecular flexibility index (Phi) is 5.22.